The van der Waals surface area contributed by atoms with E-state index < -0.39 is 24.1 Å². The molecule has 0 bridgehead atoms. The summed E-state index contributed by atoms with van der Waals surface area (Å²) in [4.78, 5) is 19.2. The van der Waals surface area contributed by atoms with E-state index in [1.807, 2.05) is 0 Å². The van der Waals surface area contributed by atoms with Gasteiger partial charge in [-0.05, 0) is 6.10 Å². The van der Waals surface area contributed by atoms with E-state index in [4.69, 9.17) is 5.11 Å². The van der Waals surface area contributed by atoms with Crippen LogP contribution in [0.25, 0.3) is 0 Å². The molecule has 0 rings (SSSR count). The maximum Gasteiger partial charge on any atom is 3.00 e. The molecule has 2 unspecified atom stereocenters. The second-order valence-corrected chi connectivity index (χ2v) is 1.50. The fourth-order valence-corrected chi connectivity index (χ4v) is 0.253. The number of hydrogen-bond acceptors (Lipinski definition) is 5. The summed E-state index contributed by atoms with van der Waals surface area (Å²) in [5.41, 5.74) is 0. The topological polar surface area (TPSA) is 155 Å². The SMILES string of the molecule is O.O=C([O-])C([O-])C([O-])C(=O)O.[Sb+3]. The van der Waals surface area contributed by atoms with Gasteiger partial charge in [-0.1, -0.05) is 6.10 Å². The quantitative estimate of drug-likeness (QED) is 0.509. The fraction of sp³-hybridized carbons (Fsp3) is 0.500. The molecule has 0 aromatic heterocycles. The first-order valence-electron chi connectivity index (χ1n) is 2.22. The summed E-state index contributed by atoms with van der Waals surface area (Å²) in [5.74, 6) is -4.17. The number of rotatable bonds is 3. The molecule has 2 radical (unpaired) electrons. The largest absolute Gasteiger partial charge is 3.00 e. The van der Waals surface area contributed by atoms with Gasteiger partial charge in [-0.2, -0.15) is 0 Å². The van der Waals surface area contributed by atoms with E-state index in [-0.39, 0.29) is 29.9 Å². The minimum atomic E-state index is -2.74. The molecule has 3 N–H and O–H groups in total. The van der Waals surface area contributed by atoms with E-state index in [9.17, 15) is 24.9 Å². The summed E-state index contributed by atoms with van der Waals surface area (Å²) in [7, 11) is 0. The van der Waals surface area contributed by atoms with E-state index >= 15 is 0 Å². The summed E-state index contributed by atoms with van der Waals surface area (Å²) in [6.07, 6.45) is -5.43. The number of carbonyl (C=O) groups is 2. The molecule has 12 heavy (non-hydrogen) atoms. The van der Waals surface area contributed by atoms with Crippen LogP contribution in [-0.2, 0) is 9.59 Å². The maximum absolute atomic E-state index is 10.0. The predicted molar refractivity (Wildman–Crippen MR) is 29.6 cm³/mol. The van der Waals surface area contributed by atoms with Crippen LogP contribution in [0.2, 0.25) is 0 Å². The average Bonchev–Trinajstić information content (AvgIpc) is 1.84. The molecule has 0 heterocycles. The molecule has 7 nitrogen and oxygen atoms in total. The van der Waals surface area contributed by atoms with Crippen LogP contribution < -0.4 is 15.3 Å². The number of carbonyl (C=O) groups excluding carboxylic acids is 1. The Hall–Kier alpha value is -0.362. The van der Waals surface area contributed by atoms with Crippen LogP contribution in [0.1, 0.15) is 0 Å². The normalized spacial score (nSPS) is 13.2. The number of carboxylic acid groups (broad SMARTS) is 2. The van der Waals surface area contributed by atoms with Crippen molar-refractivity contribution in [3.05, 3.63) is 0 Å². The van der Waals surface area contributed by atoms with Crippen LogP contribution >= 0.6 is 0 Å². The van der Waals surface area contributed by atoms with Gasteiger partial charge in [0.2, 0.25) is 0 Å². The molecule has 0 saturated heterocycles. The van der Waals surface area contributed by atoms with Crippen molar-refractivity contribution in [2.24, 2.45) is 0 Å². The van der Waals surface area contributed by atoms with Crippen molar-refractivity contribution in [3.8, 4) is 0 Å². The Morgan fingerprint density at radius 2 is 1.50 bits per heavy atom. The van der Waals surface area contributed by atoms with Gasteiger partial charge in [0.25, 0.3) is 5.97 Å². The fourth-order valence-electron chi connectivity index (χ4n) is 0.253. The third-order valence-corrected chi connectivity index (χ3v) is 0.751. The zero-order valence-electron chi connectivity index (χ0n) is 5.59. The zero-order valence-corrected chi connectivity index (χ0v) is 8.14. The van der Waals surface area contributed by atoms with Crippen LogP contribution in [0.5, 0.6) is 0 Å². The first kappa shape index (κ1) is 17.7. The predicted octanol–water partition coefficient (Wildman–Crippen LogP) is -5.93. The van der Waals surface area contributed by atoms with Crippen LogP contribution in [0, 0.1) is 0 Å². The van der Waals surface area contributed by atoms with Gasteiger partial charge >= 0.3 is 24.4 Å². The van der Waals surface area contributed by atoms with Crippen molar-refractivity contribution in [2.75, 3.05) is 0 Å². The van der Waals surface area contributed by atoms with Gasteiger partial charge in [-0.3, -0.25) is 4.79 Å². The number of hydrogen-bond donors (Lipinski definition) is 1. The van der Waals surface area contributed by atoms with Crippen molar-refractivity contribution in [3.63, 3.8) is 0 Å². The summed E-state index contributed by atoms with van der Waals surface area (Å²) >= 11 is 0. The minimum absolute atomic E-state index is 0. The van der Waals surface area contributed by atoms with Crippen molar-refractivity contribution in [1.29, 1.82) is 0 Å². The van der Waals surface area contributed by atoms with Gasteiger partial charge in [0, 0.05) is 5.97 Å². The molecule has 68 valence electrons. The molecule has 0 aromatic rings. The Bertz CT molecular complexity index is 139. The van der Waals surface area contributed by atoms with Gasteiger partial charge in [-0.15, -0.1) is 0 Å². The van der Waals surface area contributed by atoms with Crippen molar-refractivity contribution in [1.82, 2.24) is 0 Å². The minimum Gasteiger partial charge on any atom is -0.848 e. The molecule has 0 aliphatic carbocycles. The molecule has 0 amide bonds. The molecule has 0 aromatic carbocycles. The molecule has 0 aliphatic rings. The van der Waals surface area contributed by atoms with E-state index in [1.54, 1.807) is 0 Å². The van der Waals surface area contributed by atoms with E-state index in [0.29, 0.717) is 0 Å². The molecular weight excluding hydrogens is 282 g/mol. The summed E-state index contributed by atoms with van der Waals surface area (Å²) in [6, 6.07) is 0. The Morgan fingerprint density at radius 3 is 1.58 bits per heavy atom. The molecule has 0 aliphatic heterocycles. The standard InChI is InChI=1S/C4H4O6.H2O.Sb/c5-1(3(7)8)2(6)4(9)10;;/h1-2H,(H,7,8)(H,9,10);1H2;/q-2;;+3/p-1. The van der Waals surface area contributed by atoms with Crippen LogP contribution in [0.3, 0.4) is 0 Å². The number of aliphatic carboxylic acids is 2. The van der Waals surface area contributed by atoms with E-state index in [2.05, 4.69) is 0 Å². The average molecular weight is 287 g/mol. The molecule has 8 heteroatoms. The van der Waals surface area contributed by atoms with Crippen molar-refractivity contribution >= 4 is 36.4 Å². The third-order valence-electron chi connectivity index (χ3n) is 0.751. The summed E-state index contributed by atoms with van der Waals surface area (Å²) in [5, 5.41) is 37.4. The van der Waals surface area contributed by atoms with Gasteiger partial charge < -0.3 is 30.7 Å². The Kier molecular flexibility index (Phi) is 10.7. The van der Waals surface area contributed by atoms with Gasteiger partial charge in [0.05, 0.1) is 0 Å². The molecule has 0 spiro atoms. The smallest absolute Gasteiger partial charge is 0.848 e. The number of carboxylic acids is 2. The molecular formula is C4H5O7Sb. The Labute approximate surface area is 84.4 Å². The second-order valence-electron chi connectivity index (χ2n) is 1.50. The Morgan fingerprint density at radius 1 is 1.17 bits per heavy atom. The molecule has 0 saturated carbocycles. The molecule has 2 atom stereocenters. The van der Waals surface area contributed by atoms with Crippen LogP contribution in [0.15, 0.2) is 0 Å². The van der Waals surface area contributed by atoms with Gasteiger partial charge in [0.15, 0.2) is 0 Å². The van der Waals surface area contributed by atoms with Crippen molar-refractivity contribution in [2.45, 2.75) is 12.2 Å². The maximum atomic E-state index is 10.0. The van der Waals surface area contributed by atoms with Crippen LogP contribution in [0.4, 0.5) is 0 Å². The van der Waals surface area contributed by atoms with Gasteiger partial charge in [-0.25, -0.2) is 0 Å². The van der Waals surface area contributed by atoms with Crippen LogP contribution in [-0.4, -0.2) is 59.2 Å². The second kappa shape index (κ2) is 7.30. The Balaban J connectivity index is -0.000000405. The first-order valence-corrected chi connectivity index (χ1v) is 2.22. The van der Waals surface area contributed by atoms with Crippen molar-refractivity contribution < 1.29 is 35.5 Å². The first-order chi connectivity index (χ1) is 4.46. The monoisotopic (exact) mass is 286 g/mol. The molecule has 0 fully saturated rings. The van der Waals surface area contributed by atoms with E-state index in [1.165, 1.54) is 0 Å². The zero-order chi connectivity index (χ0) is 8.31. The van der Waals surface area contributed by atoms with Gasteiger partial charge in [0.1, 0.15) is 0 Å². The van der Waals surface area contributed by atoms with E-state index in [0.717, 1.165) is 0 Å². The summed E-state index contributed by atoms with van der Waals surface area (Å²) < 4.78 is 0. The third kappa shape index (κ3) is 5.31. The summed E-state index contributed by atoms with van der Waals surface area (Å²) in [6.45, 7) is 0.